The van der Waals surface area contributed by atoms with Crippen LogP contribution in [0.4, 0.5) is 0 Å². The number of amides is 14. The highest BCUT2D eigenvalue weighted by molar-refractivity contribution is 8.00. The number of ether oxygens (including phenoxy) is 3. The van der Waals surface area contributed by atoms with Crippen LogP contribution in [0.3, 0.4) is 0 Å². The Hall–Kier alpha value is -7.39. The van der Waals surface area contributed by atoms with E-state index in [4.69, 9.17) is 19.9 Å². The Bertz CT molecular complexity index is 2410. The van der Waals surface area contributed by atoms with Crippen LogP contribution >= 0.6 is 35.3 Å². The molecule has 0 radical (unpaired) electrons. The largest absolute Gasteiger partial charge is 0.480 e. The van der Waals surface area contributed by atoms with Crippen LogP contribution in [0.5, 0.6) is 0 Å². The van der Waals surface area contributed by atoms with Crippen LogP contribution in [0.2, 0.25) is 0 Å². The SMILES string of the molecule is N[C@H]1CSCC(=O)N2CCOCCN3CCOCCN(CCOCC2)C(=O)CSC[C@H](NC(=O)CNC(=O)CNC(=O)CNC(=O)CCC(=O)CNC1=O)C(=O)NCC(=O)NCC(=O)NCC(=O)NCC(=O)NCC(=O)N[C@H](C(=O)O)CSCC3=O. The summed E-state index contributed by atoms with van der Waals surface area (Å²) in [5, 5.41) is 34.8. The summed E-state index contributed by atoms with van der Waals surface area (Å²) in [7, 11) is 0. The predicted molar refractivity (Wildman–Crippen MR) is 305 cm³/mol. The van der Waals surface area contributed by atoms with E-state index in [9.17, 15) is 81.8 Å². The highest BCUT2D eigenvalue weighted by atomic mass is 32.2. The number of thioether (sulfide) groups is 3. The maximum atomic E-state index is 13.9. The topological polar surface area (TPSA) is 489 Å². The Morgan fingerprint density at radius 1 is 0.395 bits per heavy atom. The third-order valence-electron chi connectivity index (χ3n) is 11.9. The number of Topliss-reactive ketones (excluding diaryl/α,β-unsaturated/α-hetero) is 1. The van der Waals surface area contributed by atoms with E-state index in [-0.39, 0.29) is 126 Å². The molecule has 14 amide bonds. The fourth-order valence-electron chi connectivity index (χ4n) is 7.10. The van der Waals surface area contributed by atoms with E-state index >= 15 is 0 Å². The number of nitrogens with one attached hydrogen (secondary N) is 11. The molecule has 3 fully saturated rings. The number of carboxylic acid groups (broad SMARTS) is 1. The van der Waals surface area contributed by atoms with Crippen molar-refractivity contribution in [1.82, 2.24) is 73.2 Å². The van der Waals surface area contributed by atoms with Gasteiger partial charge in [0.05, 0.1) is 122 Å². The summed E-state index contributed by atoms with van der Waals surface area (Å²) in [6, 6.07) is -4.11. The molecule has 0 aromatic rings. The summed E-state index contributed by atoms with van der Waals surface area (Å²) < 4.78 is 17.6. The molecule has 14 N–H and O–H groups in total. The lowest BCUT2D eigenvalue weighted by atomic mass is 10.2. The summed E-state index contributed by atoms with van der Waals surface area (Å²) in [5.74, 6) is -14.0. The third kappa shape index (κ3) is 32.2. The second kappa shape index (κ2) is 41.6. The lowest BCUT2D eigenvalue weighted by Gasteiger charge is -2.26. The van der Waals surface area contributed by atoms with E-state index < -0.39 is 171 Å². The zero-order valence-electron chi connectivity index (χ0n) is 47.1. The van der Waals surface area contributed by atoms with E-state index in [1.807, 2.05) is 0 Å². The van der Waals surface area contributed by atoms with Gasteiger partial charge < -0.3 is 98.2 Å². The molecule has 35 nitrogen and oxygen atoms in total. The second-order valence-corrected chi connectivity index (χ2v) is 21.7. The van der Waals surface area contributed by atoms with Crippen LogP contribution in [-0.2, 0) is 90.9 Å². The van der Waals surface area contributed by atoms with Crippen molar-refractivity contribution < 1.29 is 96.0 Å². The van der Waals surface area contributed by atoms with E-state index in [1.165, 1.54) is 14.7 Å². The summed E-state index contributed by atoms with van der Waals surface area (Å²) >= 11 is 2.82. The molecule has 0 aromatic carbocycles. The quantitative estimate of drug-likeness (QED) is 0.116. The first kappa shape index (κ1) is 72.9. The molecular weight excluding hydrogens is 1200 g/mol. The molecule has 480 valence electrons. The van der Waals surface area contributed by atoms with Gasteiger partial charge in [-0.05, 0) is 0 Å². The molecule has 86 heavy (non-hydrogen) atoms. The fourth-order valence-corrected chi connectivity index (χ4v) is 9.86. The van der Waals surface area contributed by atoms with Gasteiger partial charge in [-0.2, -0.15) is 0 Å². The molecule has 0 unspecified atom stereocenters. The van der Waals surface area contributed by atoms with Gasteiger partial charge in [-0.1, -0.05) is 0 Å². The number of fused-ring (bicyclic) bond motifs is 14. The summed E-state index contributed by atoms with van der Waals surface area (Å²) in [6.07, 6.45) is -0.667. The standard InChI is InChI=1S/C48H75N15O20S3/c49-31-24-84-27-43(74)61-3-9-81-11-5-62-6-12-83-14-8-63(7-13-82-10-4-61)45(76)29-86-26-33(48(79)80)60-42(73)23-56-39(70)20-53-36(67)17-52-37(68)18-54-40(71)21-58-47(78)32(25-85-28-44(62)75)59-41(72)22-55-38(69)19-51-35(66)16-50-34(65)2-1-30(64)15-57-46(31)77/h31-33H,1-29,49H2,(H,50,65)(H,51,66)(H,52,68)(H,53,67)(H,54,71)(H,55,69)(H,56,70)(H,57,77)(H,58,78)(H,59,72)(H,60,73)(H,79,80)/t31-,32-,33-/m0/s1. The zero-order chi connectivity index (χ0) is 63.2. The average molecular weight is 1280 g/mol. The van der Waals surface area contributed by atoms with Crippen LogP contribution in [0.25, 0.3) is 0 Å². The Kier molecular flexibility index (Phi) is 35.3. The molecule has 0 aliphatic carbocycles. The number of carboxylic acids is 1. The smallest absolute Gasteiger partial charge is 0.327 e. The Morgan fingerprint density at radius 2 is 0.721 bits per heavy atom. The van der Waals surface area contributed by atoms with Crippen molar-refractivity contribution in [2.75, 3.05) is 172 Å². The maximum Gasteiger partial charge on any atom is 0.327 e. The predicted octanol–water partition coefficient (Wildman–Crippen LogP) is -10.5. The number of nitrogens with two attached hydrogens (primary N) is 1. The monoisotopic (exact) mass is 1280 g/mol. The van der Waals surface area contributed by atoms with Crippen molar-refractivity contribution >= 4 is 130 Å². The highest BCUT2D eigenvalue weighted by Gasteiger charge is 2.26. The van der Waals surface area contributed by atoms with Gasteiger partial charge in [0.25, 0.3) is 0 Å². The molecule has 38 heteroatoms. The molecule has 0 aromatic heterocycles. The number of aliphatic carboxylic acids is 1. The Labute approximate surface area is 506 Å². The molecule has 3 aliphatic rings. The molecule has 3 saturated heterocycles. The number of hydrogen-bond donors (Lipinski definition) is 13. The van der Waals surface area contributed by atoms with E-state index in [0.29, 0.717) is 0 Å². The van der Waals surface area contributed by atoms with Gasteiger partial charge in [0.15, 0.2) is 5.78 Å². The van der Waals surface area contributed by atoms with E-state index in [2.05, 4.69) is 58.5 Å². The summed E-state index contributed by atoms with van der Waals surface area (Å²) in [4.78, 5) is 209. The van der Waals surface area contributed by atoms with Gasteiger partial charge in [-0.3, -0.25) is 71.9 Å². The first-order chi connectivity index (χ1) is 41.1. The van der Waals surface area contributed by atoms with E-state index in [1.54, 1.807) is 0 Å². The van der Waals surface area contributed by atoms with Crippen molar-refractivity contribution in [3.63, 3.8) is 0 Å². The lowest BCUT2D eigenvalue weighted by molar-refractivity contribution is -0.141. The molecule has 3 aliphatic heterocycles. The first-order valence-electron chi connectivity index (χ1n) is 26.9. The number of carbonyl (C=O) groups is 16. The van der Waals surface area contributed by atoms with Crippen LogP contribution in [0, 0.1) is 0 Å². The minimum Gasteiger partial charge on any atom is -0.480 e. The van der Waals surface area contributed by atoms with Crippen molar-refractivity contribution in [1.29, 1.82) is 0 Å². The second-order valence-electron chi connectivity index (χ2n) is 18.6. The third-order valence-corrected chi connectivity index (χ3v) is 15.0. The molecule has 0 saturated carbocycles. The molecule has 0 spiro atoms. The van der Waals surface area contributed by atoms with Crippen LogP contribution in [0.1, 0.15) is 12.8 Å². The van der Waals surface area contributed by atoms with Gasteiger partial charge in [0.1, 0.15) is 12.1 Å². The van der Waals surface area contributed by atoms with Crippen molar-refractivity contribution in [3.05, 3.63) is 0 Å². The number of nitrogens with zero attached hydrogens (tertiary/aromatic N) is 3. The summed E-state index contributed by atoms with van der Waals surface area (Å²) in [6.45, 7) is -6.02. The van der Waals surface area contributed by atoms with E-state index in [0.717, 1.165) is 35.3 Å². The van der Waals surface area contributed by atoms with Crippen molar-refractivity contribution in [3.8, 4) is 0 Å². The lowest BCUT2D eigenvalue weighted by Crippen LogP contribution is -2.53. The number of carbonyl (C=O) groups excluding carboxylic acids is 15. The zero-order valence-corrected chi connectivity index (χ0v) is 49.5. The minimum absolute atomic E-state index is 0.00233. The van der Waals surface area contributed by atoms with Gasteiger partial charge >= 0.3 is 5.97 Å². The van der Waals surface area contributed by atoms with Gasteiger partial charge in [0.2, 0.25) is 82.7 Å². The van der Waals surface area contributed by atoms with Crippen LogP contribution in [0.15, 0.2) is 0 Å². The van der Waals surface area contributed by atoms with Crippen molar-refractivity contribution in [2.24, 2.45) is 5.73 Å². The molecular formula is C48H75N15O20S3. The molecule has 4 bridgehead atoms. The van der Waals surface area contributed by atoms with Crippen LogP contribution < -0.4 is 64.2 Å². The maximum absolute atomic E-state index is 13.9. The Morgan fingerprint density at radius 3 is 1.12 bits per heavy atom. The van der Waals surface area contributed by atoms with Gasteiger partial charge in [0, 0.05) is 69.4 Å². The number of rotatable bonds is 1. The highest BCUT2D eigenvalue weighted by Crippen LogP contribution is 2.10. The fraction of sp³-hybridized carbons (Fsp3) is 0.667. The first-order valence-corrected chi connectivity index (χ1v) is 30.4. The molecule has 3 rings (SSSR count). The molecule has 3 atom stereocenters. The molecule has 3 heterocycles. The van der Waals surface area contributed by atoms with Crippen molar-refractivity contribution in [2.45, 2.75) is 31.0 Å². The van der Waals surface area contributed by atoms with Crippen LogP contribution in [-0.4, -0.2) is 305 Å². The minimum atomic E-state index is -1.50. The Balaban J connectivity index is 1.93. The number of ketones is 1. The summed E-state index contributed by atoms with van der Waals surface area (Å²) in [5.41, 5.74) is 6.05. The normalized spacial score (nSPS) is 23.8. The van der Waals surface area contributed by atoms with Gasteiger partial charge in [-0.25, -0.2) is 4.79 Å². The van der Waals surface area contributed by atoms with Gasteiger partial charge in [-0.15, -0.1) is 35.3 Å². The number of hydrogen-bond acceptors (Lipinski definition) is 23. The average Bonchev–Trinajstić information content (AvgIpc) is 3.63.